The average molecular weight is 441 g/mol. The third kappa shape index (κ3) is 12.3. The minimum absolute atomic E-state index is 0.0869. The molecule has 0 bridgehead atoms. The van der Waals surface area contributed by atoms with Gasteiger partial charge < -0.3 is 37.2 Å². The minimum atomic E-state index is -2.74. The van der Waals surface area contributed by atoms with Gasteiger partial charge in [0.1, 0.15) is 0 Å². The predicted octanol–water partition coefficient (Wildman–Crippen LogP) is -0.448. The monoisotopic (exact) mass is 441 g/mol. The Bertz CT molecular complexity index is 710. The Hall–Kier alpha value is -3.02. The summed E-state index contributed by atoms with van der Waals surface area (Å²) < 4.78 is 0. The van der Waals surface area contributed by atoms with Crippen LogP contribution in [0, 0.1) is 0 Å². The van der Waals surface area contributed by atoms with Gasteiger partial charge in [0.15, 0.2) is 5.60 Å². The zero-order chi connectivity index (χ0) is 24.0. The number of carboxylic acid groups (broad SMARTS) is 3. The fourth-order valence-electron chi connectivity index (χ4n) is 2.55. The van der Waals surface area contributed by atoms with E-state index in [2.05, 4.69) is 17.4 Å². The number of carbonyl (C=O) groups excluding carboxylic acids is 1. The minimum Gasteiger partial charge on any atom is -0.481 e. The summed E-state index contributed by atoms with van der Waals surface area (Å²) in [6.45, 7) is 2.56. The van der Waals surface area contributed by atoms with Crippen LogP contribution < -0.4 is 16.8 Å². The van der Waals surface area contributed by atoms with Gasteiger partial charge in [-0.25, -0.2) is 4.79 Å². The molecular formula is C20H31N3O8. The van der Waals surface area contributed by atoms with E-state index in [1.807, 2.05) is 25.1 Å². The summed E-state index contributed by atoms with van der Waals surface area (Å²) in [5, 5.41) is 36.7. The first kappa shape index (κ1) is 28.0. The molecule has 1 unspecified atom stereocenters. The van der Waals surface area contributed by atoms with Crippen LogP contribution in [0.5, 0.6) is 0 Å². The van der Waals surface area contributed by atoms with Gasteiger partial charge in [-0.2, -0.15) is 0 Å². The number of rotatable bonds is 12. The lowest BCUT2D eigenvalue weighted by atomic mass is 9.96. The SMILES string of the molecule is C[C@@H](Cc1ccccc1)NC(=O)C(N)CCCN.O=C(O)CC(O)(CC(=O)O)C(=O)O. The molecule has 0 heterocycles. The Labute approximate surface area is 180 Å². The fraction of sp³-hybridized carbons (Fsp3) is 0.500. The Morgan fingerprint density at radius 1 is 1.03 bits per heavy atom. The zero-order valence-corrected chi connectivity index (χ0v) is 17.4. The molecule has 31 heavy (non-hydrogen) atoms. The van der Waals surface area contributed by atoms with Crippen molar-refractivity contribution in [1.29, 1.82) is 0 Å². The predicted molar refractivity (Wildman–Crippen MR) is 111 cm³/mol. The average Bonchev–Trinajstić information content (AvgIpc) is 2.65. The highest BCUT2D eigenvalue weighted by Crippen LogP contribution is 2.15. The molecule has 0 aromatic heterocycles. The largest absolute Gasteiger partial charge is 0.481 e. The van der Waals surface area contributed by atoms with Crippen LogP contribution in [0.2, 0.25) is 0 Å². The zero-order valence-electron chi connectivity index (χ0n) is 17.4. The molecule has 0 radical (unpaired) electrons. The van der Waals surface area contributed by atoms with Crippen LogP contribution in [0.1, 0.15) is 38.2 Å². The van der Waals surface area contributed by atoms with Gasteiger partial charge in [-0.1, -0.05) is 30.3 Å². The maximum Gasteiger partial charge on any atom is 0.336 e. The first-order valence-corrected chi connectivity index (χ1v) is 9.60. The normalized spacial score (nSPS) is 12.6. The van der Waals surface area contributed by atoms with Gasteiger partial charge in [0, 0.05) is 6.04 Å². The molecular weight excluding hydrogens is 410 g/mol. The lowest BCUT2D eigenvalue weighted by Gasteiger charge is -2.18. The number of aliphatic hydroxyl groups is 1. The second-order valence-corrected chi connectivity index (χ2v) is 7.11. The second kappa shape index (κ2) is 14.1. The third-order valence-corrected chi connectivity index (χ3v) is 4.11. The van der Waals surface area contributed by atoms with Gasteiger partial charge in [0.2, 0.25) is 5.91 Å². The quantitative estimate of drug-likeness (QED) is 0.222. The molecule has 1 amide bonds. The Morgan fingerprint density at radius 2 is 1.55 bits per heavy atom. The van der Waals surface area contributed by atoms with Crippen molar-refractivity contribution in [3.63, 3.8) is 0 Å². The number of hydrogen-bond donors (Lipinski definition) is 7. The van der Waals surface area contributed by atoms with Crippen LogP contribution in [-0.4, -0.2) is 68.5 Å². The van der Waals surface area contributed by atoms with Crippen molar-refractivity contribution in [1.82, 2.24) is 5.32 Å². The molecule has 174 valence electrons. The highest BCUT2D eigenvalue weighted by atomic mass is 16.4. The summed E-state index contributed by atoms with van der Waals surface area (Å²) in [6.07, 6.45) is -0.0541. The van der Waals surface area contributed by atoms with Crippen molar-refractivity contribution in [3.8, 4) is 0 Å². The molecule has 2 atom stereocenters. The smallest absolute Gasteiger partial charge is 0.336 e. The van der Waals surface area contributed by atoms with E-state index in [1.165, 1.54) is 5.56 Å². The van der Waals surface area contributed by atoms with E-state index in [1.54, 1.807) is 0 Å². The van der Waals surface area contributed by atoms with E-state index in [-0.39, 0.29) is 11.9 Å². The number of nitrogens with one attached hydrogen (secondary N) is 1. The Balaban J connectivity index is 0.000000615. The number of aliphatic carboxylic acids is 3. The summed E-state index contributed by atoms with van der Waals surface area (Å²) in [5.41, 5.74) is 9.64. The van der Waals surface area contributed by atoms with Crippen molar-refractivity contribution < 1.29 is 39.6 Å². The first-order valence-electron chi connectivity index (χ1n) is 9.60. The summed E-state index contributed by atoms with van der Waals surface area (Å²) in [7, 11) is 0. The standard InChI is InChI=1S/C14H23N3O.C6H8O7/c1-11(10-12-6-3-2-4-7-12)17-14(18)13(16)8-5-9-15;7-3(8)1-6(13,5(11)12)2-4(9)10/h2-4,6-7,11,13H,5,8-10,15-16H2,1H3,(H,17,18);13H,1-2H2,(H,7,8)(H,9,10)(H,11,12)/t11-,13?;/m0./s1. The number of benzene rings is 1. The number of nitrogens with two attached hydrogens (primary N) is 2. The summed E-state index contributed by atoms with van der Waals surface area (Å²) in [5.74, 6) is -5.11. The van der Waals surface area contributed by atoms with E-state index in [4.69, 9.17) is 31.9 Å². The highest BCUT2D eigenvalue weighted by molar-refractivity contribution is 5.88. The van der Waals surface area contributed by atoms with Gasteiger partial charge in [-0.15, -0.1) is 0 Å². The molecule has 11 heteroatoms. The molecule has 0 aliphatic heterocycles. The van der Waals surface area contributed by atoms with E-state index in [9.17, 15) is 19.2 Å². The van der Waals surface area contributed by atoms with Crippen LogP contribution in [0.15, 0.2) is 30.3 Å². The Morgan fingerprint density at radius 3 is 1.97 bits per heavy atom. The van der Waals surface area contributed by atoms with Crippen molar-refractivity contribution in [3.05, 3.63) is 35.9 Å². The van der Waals surface area contributed by atoms with Gasteiger partial charge in [-0.3, -0.25) is 14.4 Å². The molecule has 0 spiro atoms. The van der Waals surface area contributed by atoms with E-state index >= 15 is 0 Å². The van der Waals surface area contributed by atoms with Crippen molar-refractivity contribution in [2.24, 2.45) is 11.5 Å². The van der Waals surface area contributed by atoms with Crippen molar-refractivity contribution in [2.75, 3.05) is 6.54 Å². The number of carboxylic acids is 3. The lowest BCUT2D eigenvalue weighted by Crippen LogP contribution is -2.45. The fourth-order valence-corrected chi connectivity index (χ4v) is 2.55. The second-order valence-electron chi connectivity index (χ2n) is 7.11. The maximum absolute atomic E-state index is 11.8. The maximum atomic E-state index is 11.8. The van der Waals surface area contributed by atoms with Gasteiger partial charge in [0.05, 0.1) is 18.9 Å². The van der Waals surface area contributed by atoms with Crippen LogP contribution in [0.3, 0.4) is 0 Å². The molecule has 9 N–H and O–H groups in total. The van der Waals surface area contributed by atoms with Crippen molar-refractivity contribution in [2.45, 2.75) is 56.7 Å². The van der Waals surface area contributed by atoms with Crippen LogP contribution >= 0.6 is 0 Å². The van der Waals surface area contributed by atoms with Crippen LogP contribution in [0.25, 0.3) is 0 Å². The van der Waals surface area contributed by atoms with Crippen molar-refractivity contribution >= 4 is 23.8 Å². The molecule has 1 aromatic rings. The molecule has 0 saturated carbocycles. The molecule has 11 nitrogen and oxygen atoms in total. The summed E-state index contributed by atoms with van der Waals surface area (Å²) in [6, 6.07) is 9.72. The van der Waals surface area contributed by atoms with Gasteiger partial charge in [-0.05, 0) is 38.3 Å². The van der Waals surface area contributed by atoms with Gasteiger partial charge in [0.25, 0.3) is 0 Å². The molecule has 0 aliphatic rings. The molecule has 0 aliphatic carbocycles. The van der Waals surface area contributed by atoms with Crippen LogP contribution in [-0.2, 0) is 25.6 Å². The lowest BCUT2D eigenvalue weighted by molar-refractivity contribution is -0.170. The number of carbonyl (C=O) groups is 4. The summed E-state index contributed by atoms with van der Waals surface area (Å²) in [4.78, 5) is 42.3. The topological polar surface area (TPSA) is 213 Å². The number of hydrogen-bond acceptors (Lipinski definition) is 7. The first-order chi connectivity index (χ1) is 14.4. The molecule has 1 rings (SSSR count). The Kier molecular flexibility index (Phi) is 12.7. The third-order valence-electron chi connectivity index (χ3n) is 4.11. The van der Waals surface area contributed by atoms with E-state index in [0.717, 1.165) is 12.8 Å². The van der Waals surface area contributed by atoms with E-state index in [0.29, 0.717) is 13.0 Å². The molecule has 0 saturated heterocycles. The summed E-state index contributed by atoms with van der Waals surface area (Å²) >= 11 is 0. The highest BCUT2D eigenvalue weighted by Gasteiger charge is 2.40. The van der Waals surface area contributed by atoms with Gasteiger partial charge >= 0.3 is 17.9 Å². The molecule has 1 aromatic carbocycles. The van der Waals surface area contributed by atoms with Crippen LogP contribution in [0.4, 0.5) is 0 Å². The molecule has 0 fully saturated rings. The number of amides is 1. The van der Waals surface area contributed by atoms with E-state index < -0.39 is 42.4 Å².